The highest BCUT2D eigenvalue weighted by Gasteiger charge is 2.59. The molecule has 48 heavy (non-hydrogen) atoms. The number of aliphatic hydroxyl groups excluding tert-OH is 1. The van der Waals surface area contributed by atoms with Gasteiger partial charge in [0.25, 0.3) is 5.67 Å². The summed E-state index contributed by atoms with van der Waals surface area (Å²) in [6.07, 6.45) is -0.470. The van der Waals surface area contributed by atoms with Crippen molar-refractivity contribution in [1.82, 2.24) is 10.2 Å². The van der Waals surface area contributed by atoms with Crippen LogP contribution < -0.4 is 5.32 Å². The summed E-state index contributed by atoms with van der Waals surface area (Å²) in [5.74, 6) is 1.30. The van der Waals surface area contributed by atoms with Crippen molar-refractivity contribution in [3.8, 4) is 24.2 Å². The van der Waals surface area contributed by atoms with Crippen LogP contribution >= 0.6 is 0 Å². The third-order valence-electron chi connectivity index (χ3n) is 10.1. The first kappa shape index (κ1) is 39.4. The van der Waals surface area contributed by atoms with Gasteiger partial charge >= 0.3 is 12.1 Å². The SMILES string of the molecule is C#CC#CCO[C@@]1(C)C[C@@H](C)C(=O)[C@@H](C)[C@H]2NC(=O)O[C@]2(C)[C@H](CC)OC(=O)[C@@](C)(F)C(=O)[C@H](C)[C@H]1O[C@@H]1O[C@H](C)C[C@H](N(C)C)[C@H]1O. The number of hydrogen-bond donors (Lipinski definition) is 2. The molecule has 13 heteroatoms. The lowest BCUT2D eigenvalue weighted by Gasteiger charge is -2.47. The summed E-state index contributed by atoms with van der Waals surface area (Å²) in [6, 6.07) is -1.35. The van der Waals surface area contributed by atoms with Crippen molar-refractivity contribution in [2.75, 3.05) is 20.7 Å². The topological polar surface area (TPSA) is 150 Å². The number of carbonyl (C=O) groups is 4. The van der Waals surface area contributed by atoms with Gasteiger partial charge in [-0.1, -0.05) is 33.6 Å². The van der Waals surface area contributed by atoms with Crippen LogP contribution in [0.3, 0.4) is 0 Å². The van der Waals surface area contributed by atoms with Crippen LogP contribution in [0, 0.1) is 41.9 Å². The molecule has 0 bridgehead atoms. The van der Waals surface area contributed by atoms with Crippen LogP contribution in [0.5, 0.6) is 0 Å². The summed E-state index contributed by atoms with van der Waals surface area (Å²) in [5, 5.41) is 14.0. The van der Waals surface area contributed by atoms with Crippen LogP contribution in [0.2, 0.25) is 0 Å². The zero-order valence-electron chi connectivity index (χ0n) is 29.6. The van der Waals surface area contributed by atoms with Gasteiger partial charge < -0.3 is 39.0 Å². The molecule has 0 unspecified atom stereocenters. The molecule has 0 aromatic heterocycles. The second-order valence-electron chi connectivity index (χ2n) is 14.1. The lowest BCUT2D eigenvalue weighted by atomic mass is 9.73. The zero-order chi connectivity index (χ0) is 36.4. The van der Waals surface area contributed by atoms with Gasteiger partial charge in [0.2, 0.25) is 0 Å². The van der Waals surface area contributed by atoms with E-state index in [-0.39, 0.29) is 37.4 Å². The first-order valence-corrected chi connectivity index (χ1v) is 16.4. The molecule has 0 spiro atoms. The second kappa shape index (κ2) is 15.2. The predicted molar refractivity (Wildman–Crippen MR) is 172 cm³/mol. The van der Waals surface area contributed by atoms with E-state index in [9.17, 15) is 24.3 Å². The molecule has 3 saturated heterocycles. The van der Waals surface area contributed by atoms with Crippen LogP contribution in [0.15, 0.2) is 0 Å². The lowest BCUT2D eigenvalue weighted by Crippen LogP contribution is -2.61. The summed E-state index contributed by atoms with van der Waals surface area (Å²) in [7, 11) is 3.60. The Kier molecular flexibility index (Phi) is 12.5. The van der Waals surface area contributed by atoms with Gasteiger partial charge in [0.15, 0.2) is 17.7 Å². The van der Waals surface area contributed by atoms with E-state index in [4.69, 9.17) is 30.1 Å². The predicted octanol–water partition coefficient (Wildman–Crippen LogP) is 2.58. The molecule has 0 saturated carbocycles. The Morgan fingerprint density at radius 3 is 2.33 bits per heavy atom. The summed E-state index contributed by atoms with van der Waals surface area (Å²) in [4.78, 5) is 56.1. The van der Waals surface area contributed by atoms with E-state index < -0.39 is 83.1 Å². The molecule has 268 valence electrons. The normalized spacial score (nSPS) is 42.8. The maximum absolute atomic E-state index is 16.6. The number of fused-ring (bicyclic) bond motifs is 1. The van der Waals surface area contributed by atoms with Crippen LogP contribution in [-0.2, 0) is 38.1 Å². The zero-order valence-corrected chi connectivity index (χ0v) is 29.6. The minimum atomic E-state index is -3.19. The van der Waals surface area contributed by atoms with E-state index in [1.165, 1.54) is 13.8 Å². The van der Waals surface area contributed by atoms with E-state index in [1.54, 1.807) is 41.8 Å². The number of amides is 1. The van der Waals surface area contributed by atoms with Gasteiger partial charge in [0.1, 0.15) is 24.6 Å². The molecular formula is C35H51FN2O10. The fraction of sp³-hybridized carbons (Fsp3) is 0.771. The number of ketones is 2. The molecule has 13 atom stereocenters. The molecule has 2 N–H and O–H groups in total. The molecule has 12 nitrogen and oxygen atoms in total. The van der Waals surface area contributed by atoms with E-state index in [2.05, 4.69) is 23.1 Å². The number of halogens is 1. The van der Waals surface area contributed by atoms with Gasteiger partial charge in [-0.25, -0.2) is 14.0 Å². The highest BCUT2D eigenvalue weighted by Crippen LogP contribution is 2.41. The van der Waals surface area contributed by atoms with Crippen LogP contribution in [-0.4, -0.2) is 114 Å². The van der Waals surface area contributed by atoms with E-state index in [1.807, 2.05) is 11.8 Å². The number of nitrogens with zero attached hydrogens (tertiary/aromatic N) is 1. The number of ether oxygens (including phenoxy) is 5. The quantitative estimate of drug-likeness (QED) is 0.243. The highest BCUT2D eigenvalue weighted by atomic mass is 19.1. The van der Waals surface area contributed by atoms with E-state index in [0.29, 0.717) is 6.42 Å². The summed E-state index contributed by atoms with van der Waals surface area (Å²) < 4.78 is 46.5. The van der Waals surface area contributed by atoms with Crippen LogP contribution in [0.1, 0.15) is 74.7 Å². The van der Waals surface area contributed by atoms with E-state index in [0.717, 1.165) is 6.92 Å². The van der Waals surface area contributed by atoms with Crippen molar-refractivity contribution in [2.45, 2.75) is 134 Å². The van der Waals surface area contributed by atoms with Crippen molar-refractivity contribution >= 4 is 23.6 Å². The number of hydrogen-bond acceptors (Lipinski definition) is 11. The minimum absolute atomic E-state index is 0.0748. The Hall–Kier alpha value is -3.07. The molecule has 1 amide bonds. The van der Waals surface area contributed by atoms with Gasteiger partial charge in [-0.15, -0.1) is 6.42 Å². The second-order valence-corrected chi connectivity index (χ2v) is 14.1. The number of rotatable bonds is 6. The first-order chi connectivity index (χ1) is 22.2. The Labute approximate surface area is 283 Å². The monoisotopic (exact) mass is 678 g/mol. The molecule has 0 radical (unpaired) electrons. The van der Waals surface area contributed by atoms with Crippen molar-refractivity contribution in [1.29, 1.82) is 0 Å². The third kappa shape index (κ3) is 7.87. The third-order valence-corrected chi connectivity index (χ3v) is 10.1. The molecule has 3 aliphatic heterocycles. The summed E-state index contributed by atoms with van der Waals surface area (Å²) in [6.45, 7) is 11.8. The molecule has 3 rings (SSSR count). The number of Topliss-reactive ketones (excluding diaryl/α,β-unsaturated/α-hetero) is 2. The van der Waals surface area contributed by atoms with Crippen molar-refractivity contribution in [3.05, 3.63) is 0 Å². The fourth-order valence-electron chi connectivity index (χ4n) is 7.42. The van der Waals surface area contributed by atoms with Crippen molar-refractivity contribution in [3.63, 3.8) is 0 Å². The van der Waals surface area contributed by atoms with Gasteiger partial charge in [-0.05, 0) is 72.9 Å². The minimum Gasteiger partial charge on any atom is -0.455 e. The Bertz CT molecular complexity index is 1340. The molecule has 3 aliphatic rings. The number of cyclic esters (lactones) is 1. The van der Waals surface area contributed by atoms with Crippen LogP contribution in [0.25, 0.3) is 0 Å². The number of alkyl carbamates (subject to hydrolysis) is 1. The average molecular weight is 679 g/mol. The number of carbonyl (C=O) groups excluding carboxylic acids is 4. The molecule has 3 fully saturated rings. The summed E-state index contributed by atoms with van der Waals surface area (Å²) >= 11 is 0. The van der Waals surface area contributed by atoms with Gasteiger partial charge in [0, 0.05) is 23.8 Å². The molecule has 0 aromatic rings. The maximum Gasteiger partial charge on any atom is 0.408 e. The Morgan fingerprint density at radius 2 is 1.75 bits per heavy atom. The number of alkyl halides is 1. The van der Waals surface area contributed by atoms with Crippen LogP contribution in [0.4, 0.5) is 9.18 Å². The molecular weight excluding hydrogens is 627 g/mol. The maximum atomic E-state index is 16.6. The Morgan fingerprint density at radius 1 is 1.10 bits per heavy atom. The lowest BCUT2D eigenvalue weighted by molar-refractivity contribution is -0.296. The fourth-order valence-corrected chi connectivity index (χ4v) is 7.42. The Balaban J connectivity index is 2.21. The number of esters is 1. The molecule has 0 aliphatic carbocycles. The highest BCUT2D eigenvalue weighted by molar-refractivity contribution is 6.08. The molecule has 3 heterocycles. The van der Waals surface area contributed by atoms with Gasteiger partial charge in [0.05, 0.1) is 23.9 Å². The number of terminal acetylenes is 1. The van der Waals surface area contributed by atoms with Crippen molar-refractivity contribution in [2.24, 2.45) is 17.8 Å². The first-order valence-electron chi connectivity index (χ1n) is 16.4. The average Bonchev–Trinajstić information content (AvgIpc) is 3.33. The smallest absolute Gasteiger partial charge is 0.408 e. The van der Waals surface area contributed by atoms with Gasteiger partial charge in [-0.3, -0.25) is 9.59 Å². The van der Waals surface area contributed by atoms with Gasteiger partial charge in [-0.2, -0.15) is 0 Å². The van der Waals surface area contributed by atoms with Crippen molar-refractivity contribution < 1.29 is 52.4 Å². The number of aliphatic hydroxyl groups is 1. The standard InChI is InChI=1S/C35H51FN2O10/c1-12-14-15-16-44-33(7)18-19(3)25(39)21(5)27-35(9,48-32(43)37-27)24(13-2)46-31(42)34(8,36)28(41)22(6)29(33)47-30-26(40)23(38(10)11)17-20(4)45-30/h1,19-24,26-27,29-30,40H,13,16-18H2,2-11H3,(H,37,43)/t19-,20-,21-,22+,23+,24+,26-,27-,29-,30+,33+,34+,35-/m1/s1. The molecule has 0 aromatic carbocycles. The largest absolute Gasteiger partial charge is 0.455 e. The van der Waals surface area contributed by atoms with E-state index >= 15 is 4.39 Å². The number of nitrogens with one attached hydrogen (secondary N) is 1. The number of likely N-dealkylation sites (N-methyl/N-ethyl adjacent to an activating group) is 1. The summed E-state index contributed by atoms with van der Waals surface area (Å²) in [5.41, 5.74) is -6.32.